The summed E-state index contributed by atoms with van der Waals surface area (Å²) < 4.78 is 9.52. The van der Waals surface area contributed by atoms with Crippen LogP contribution in [0.4, 0.5) is 0 Å². The number of rotatable bonds is 8. The highest BCUT2D eigenvalue weighted by Crippen LogP contribution is 1.99. The molecule has 0 aliphatic rings. The van der Waals surface area contributed by atoms with Gasteiger partial charge in [-0.1, -0.05) is 6.58 Å². The van der Waals surface area contributed by atoms with Gasteiger partial charge < -0.3 is 14.6 Å². The summed E-state index contributed by atoms with van der Waals surface area (Å²) in [5, 5.41) is 8.41. The maximum Gasteiger partial charge on any atom is 0.333 e. The third kappa shape index (κ3) is 8.09. The van der Waals surface area contributed by atoms with Crippen LogP contribution in [0.2, 0.25) is 0 Å². The minimum atomic E-state index is -1.19. The Bertz CT molecular complexity index is 356. The zero-order valence-corrected chi connectivity index (χ0v) is 10.2. The number of carboxylic acid groups (broad SMARTS) is 1. The molecule has 0 saturated heterocycles. The molecule has 0 heterocycles. The van der Waals surface area contributed by atoms with Gasteiger partial charge >= 0.3 is 17.9 Å². The summed E-state index contributed by atoms with van der Waals surface area (Å²) in [6.45, 7) is 4.98. The van der Waals surface area contributed by atoms with Crippen molar-refractivity contribution < 1.29 is 29.0 Å². The highest BCUT2D eigenvalue weighted by Gasteiger charge is 2.07. The Morgan fingerprint density at radius 1 is 1.17 bits per heavy atom. The fourth-order valence-corrected chi connectivity index (χ4v) is 0.959. The van der Waals surface area contributed by atoms with E-state index in [1.54, 1.807) is 0 Å². The molecule has 0 aromatic carbocycles. The number of unbranched alkanes of at least 4 members (excludes halogenated alkanes) is 1. The van der Waals surface area contributed by atoms with Crippen molar-refractivity contribution in [1.82, 2.24) is 0 Å². The number of hydrogen-bond acceptors (Lipinski definition) is 5. The molecule has 0 spiro atoms. The molecule has 18 heavy (non-hydrogen) atoms. The largest absolute Gasteiger partial charge is 0.478 e. The van der Waals surface area contributed by atoms with Crippen LogP contribution in [0.25, 0.3) is 0 Å². The second-order valence-corrected chi connectivity index (χ2v) is 3.38. The lowest BCUT2D eigenvalue weighted by Gasteiger charge is -2.04. The average molecular weight is 256 g/mol. The quantitative estimate of drug-likeness (QED) is 0.397. The first-order valence-corrected chi connectivity index (χ1v) is 5.35. The Morgan fingerprint density at radius 2 is 1.72 bits per heavy atom. The summed E-state index contributed by atoms with van der Waals surface area (Å²) in [4.78, 5) is 32.2. The first kappa shape index (κ1) is 15.9. The molecule has 0 rings (SSSR count). The van der Waals surface area contributed by atoms with Crippen molar-refractivity contribution in [2.45, 2.75) is 19.8 Å². The van der Waals surface area contributed by atoms with Gasteiger partial charge in [-0.3, -0.25) is 0 Å². The van der Waals surface area contributed by atoms with Crippen molar-refractivity contribution in [3.05, 3.63) is 24.3 Å². The van der Waals surface area contributed by atoms with E-state index in [-0.39, 0.29) is 18.8 Å². The van der Waals surface area contributed by atoms with E-state index in [0.29, 0.717) is 12.8 Å². The molecule has 0 unspecified atom stereocenters. The molecular formula is C12H16O6. The second-order valence-electron chi connectivity index (χ2n) is 3.38. The van der Waals surface area contributed by atoms with Crippen LogP contribution in [0.5, 0.6) is 0 Å². The molecule has 0 atom stereocenters. The smallest absolute Gasteiger partial charge is 0.333 e. The SMILES string of the molecule is C=CC(=O)OCCCCOC(=O)/C(C)=C\C(=O)O. The minimum Gasteiger partial charge on any atom is -0.478 e. The summed E-state index contributed by atoms with van der Waals surface area (Å²) in [6, 6.07) is 0. The van der Waals surface area contributed by atoms with Crippen molar-refractivity contribution >= 4 is 17.9 Å². The number of hydrogen-bond donors (Lipinski definition) is 1. The van der Waals surface area contributed by atoms with Gasteiger partial charge in [0.2, 0.25) is 0 Å². The zero-order valence-electron chi connectivity index (χ0n) is 10.2. The van der Waals surface area contributed by atoms with E-state index in [1.165, 1.54) is 6.92 Å². The van der Waals surface area contributed by atoms with Crippen LogP contribution >= 0.6 is 0 Å². The van der Waals surface area contributed by atoms with Crippen molar-refractivity contribution in [2.24, 2.45) is 0 Å². The van der Waals surface area contributed by atoms with Crippen molar-refractivity contribution in [3.63, 3.8) is 0 Å². The predicted molar refractivity (Wildman–Crippen MR) is 62.7 cm³/mol. The third-order valence-electron chi connectivity index (χ3n) is 1.84. The van der Waals surface area contributed by atoms with E-state index < -0.39 is 17.9 Å². The highest BCUT2D eigenvalue weighted by molar-refractivity contribution is 5.95. The van der Waals surface area contributed by atoms with Crippen molar-refractivity contribution in [1.29, 1.82) is 0 Å². The van der Waals surface area contributed by atoms with Crippen LogP contribution in [0.1, 0.15) is 19.8 Å². The van der Waals surface area contributed by atoms with Gasteiger partial charge in [-0.25, -0.2) is 14.4 Å². The highest BCUT2D eigenvalue weighted by atomic mass is 16.5. The van der Waals surface area contributed by atoms with Gasteiger partial charge in [-0.15, -0.1) is 0 Å². The monoisotopic (exact) mass is 256 g/mol. The van der Waals surface area contributed by atoms with Gasteiger partial charge in [0.25, 0.3) is 0 Å². The van der Waals surface area contributed by atoms with Crippen molar-refractivity contribution in [2.75, 3.05) is 13.2 Å². The lowest BCUT2D eigenvalue weighted by atomic mass is 10.3. The molecule has 0 bridgehead atoms. The lowest BCUT2D eigenvalue weighted by molar-refractivity contribution is -0.141. The summed E-state index contributed by atoms with van der Waals surface area (Å²) >= 11 is 0. The molecule has 0 saturated carbocycles. The van der Waals surface area contributed by atoms with Gasteiger partial charge in [-0.2, -0.15) is 0 Å². The van der Waals surface area contributed by atoms with Crippen LogP contribution in [-0.4, -0.2) is 36.2 Å². The molecule has 0 radical (unpaired) electrons. The van der Waals surface area contributed by atoms with E-state index in [0.717, 1.165) is 12.2 Å². The first-order chi connectivity index (χ1) is 8.47. The molecule has 0 aromatic heterocycles. The molecule has 0 aromatic rings. The predicted octanol–water partition coefficient (Wildman–Crippen LogP) is 1.07. The second kappa shape index (κ2) is 8.98. The Kier molecular flexibility index (Phi) is 7.92. The number of ether oxygens (including phenoxy) is 2. The first-order valence-electron chi connectivity index (χ1n) is 5.35. The maximum absolute atomic E-state index is 11.2. The van der Waals surface area contributed by atoms with Gasteiger partial charge in [0.1, 0.15) is 0 Å². The molecule has 1 N–H and O–H groups in total. The van der Waals surface area contributed by atoms with E-state index in [9.17, 15) is 14.4 Å². The third-order valence-corrected chi connectivity index (χ3v) is 1.84. The van der Waals surface area contributed by atoms with Crippen LogP contribution in [-0.2, 0) is 23.9 Å². The van der Waals surface area contributed by atoms with E-state index in [4.69, 9.17) is 14.6 Å². The van der Waals surface area contributed by atoms with Crippen LogP contribution in [0.15, 0.2) is 24.3 Å². The van der Waals surface area contributed by atoms with Gasteiger partial charge in [-0.05, 0) is 19.8 Å². The lowest BCUT2D eigenvalue weighted by Crippen LogP contribution is -2.09. The van der Waals surface area contributed by atoms with Crippen LogP contribution in [0, 0.1) is 0 Å². The number of carbonyl (C=O) groups excluding carboxylic acids is 2. The van der Waals surface area contributed by atoms with Crippen LogP contribution in [0.3, 0.4) is 0 Å². The summed E-state index contributed by atoms with van der Waals surface area (Å²) in [5.41, 5.74) is 0.0283. The zero-order chi connectivity index (χ0) is 14.0. The molecule has 6 nitrogen and oxygen atoms in total. The number of aliphatic carboxylic acids is 1. The average Bonchev–Trinajstić information content (AvgIpc) is 2.31. The molecule has 6 heteroatoms. The fourth-order valence-electron chi connectivity index (χ4n) is 0.959. The van der Waals surface area contributed by atoms with E-state index in [1.807, 2.05) is 0 Å². The molecule has 0 fully saturated rings. The number of carboxylic acids is 1. The Balaban J connectivity index is 3.67. The summed E-state index contributed by atoms with van der Waals surface area (Å²) in [5.74, 6) is -2.35. The normalized spacial score (nSPS) is 10.6. The molecule has 0 aliphatic heterocycles. The van der Waals surface area contributed by atoms with E-state index in [2.05, 4.69) is 6.58 Å². The minimum absolute atomic E-state index is 0.0283. The summed E-state index contributed by atoms with van der Waals surface area (Å²) in [6.07, 6.45) is 2.93. The molecular weight excluding hydrogens is 240 g/mol. The number of carbonyl (C=O) groups is 3. The van der Waals surface area contributed by atoms with Crippen LogP contribution < -0.4 is 0 Å². The standard InChI is InChI=1S/C12H16O6/c1-3-11(15)17-6-4-5-7-18-12(16)9(2)8-10(13)14/h3,8H,1,4-7H2,2H3,(H,13,14)/b9-8-. The van der Waals surface area contributed by atoms with Gasteiger partial charge in [0.05, 0.1) is 13.2 Å². The van der Waals surface area contributed by atoms with Gasteiger partial charge in [0, 0.05) is 17.7 Å². The molecule has 100 valence electrons. The Hall–Kier alpha value is -2.11. The van der Waals surface area contributed by atoms with E-state index >= 15 is 0 Å². The number of esters is 2. The topological polar surface area (TPSA) is 89.9 Å². The van der Waals surface area contributed by atoms with Gasteiger partial charge in [0.15, 0.2) is 0 Å². The summed E-state index contributed by atoms with van der Waals surface area (Å²) in [7, 11) is 0. The van der Waals surface area contributed by atoms with Crippen molar-refractivity contribution in [3.8, 4) is 0 Å². The maximum atomic E-state index is 11.2. The molecule has 0 amide bonds. The Morgan fingerprint density at radius 3 is 2.22 bits per heavy atom. The fraction of sp³-hybridized carbons (Fsp3) is 0.417. The Labute approximate surface area is 105 Å². The molecule has 0 aliphatic carbocycles.